The molecule has 7 nitrogen and oxygen atoms in total. The molecule has 2 aromatic rings. The van der Waals surface area contributed by atoms with Crippen molar-refractivity contribution in [2.75, 3.05) is 17.6 Å². The Balaban J connectivity index is 1.85. The van der Waals surface area contributed by atoms with Crippen LogP contribution < -0.4 is 11.1 Å². The Morgan fingerprint density at radius 1 is 1.42 bits per heavy atom. The number of nitrogen functional groups attached to an aromatic ring is 1. The first kappa shape index (κ1) is 18.2. The summed E-state index contributed by atoms with van der Waals surface area (Å²) in [4.78, 5) is 31.0. The lowest BCUT2D eigenvalue weighted by Gasteiger charge is -2.32. The van der Waals surface area contributed by atoms with Crippen LogP contribution in [0.3, 0.4) is 0 Å². The summed E-state index contributed by atoms with van der Waals surface area (Å²) >= 11 is 1.28. The Hall–Kier alpha value is -2.61. The smallest absolute Gasteiger partial charge is 0.407 e. The molecule has 0 spiro atoms. The number of hydrogen-bond donors (Lipinski definition) is 3. The molecule has 1 unspecified atom stereocenters. The number of nitrogens with two attached hydrogens (primary N) is 1. The molecule has 2 amide bonds. The molecule has 3 rings (SSSR count). The number of benzene rings is 1. The number of fused-ring (bicyclic) bond motifs is 1. The SMILES string of the molecule is CCCCC1c2sc(C(=O)Nc3ccccc3N)nc2CCN1C(=O)O. The molecule has 2 heterocycles. The highest BCUT2D eigenvalue weighted by Crippen LogP contribution is 2.37. The molecule has 0 saturated heterocycles. The minimum absolute atomic E-state index is 0.225. The zero-order chi connectivity index (χ0) is 18.7. The number of nitrogens with zero attached hydrogens (tertiary/aromatic N) is 2. The molecular formula is C18H22N4O3S. The van der Waals surface area contributed by atoms with Crippen LogP contribution in [0, 0.1) is 0 Å². The Morgan fingerprint density at radius 3 is 2.88 bits per heavy atom. The van der Waals surface area contributed by atoms with Crippen molar-refractivity contribution in [3.8, 4) is 0 Å². The number of para-hydroxylation sites is 2. The molecule has 1 atom stereocenters. The maximum absolute atomic E-state index is 12.6. The summed E-state index contributed by atoms with van der Waals surface area (Å²) in [5.41, 5.74) is 7.73. The van der Waals surface area contributed by atoms with Gasteiger partial charge >= 0.3 is 6.09 Å². The van der Waals surface area contributed by atoms with Crippen LogP contribution in [0.5, 0.6) is 0 Å². The summed E-state index contributed by atoms with van der Waals surface area (Å²) < 4.78 is 0. The van der Waals surface area contributed by atoms with Crippen LogP contribution >= 0.6 is 11.3 Å². The lowest BCUT2D eigenvalue weighted by molar-refractivity contribution is 0.102. The predicted molar refractivity (Wildman–Crippen MR) is 102 cm³/mol. The molecule has 0 radical (unpaired) electrons. The summed E-state index contributed by atoms with van der Waals surface area (Å²) in [5.74, 6) is -0.321. The second-order valence-corrected chi connectivity index (χ2v) is 7.29. The number of carbonyl (C=O) groups excluding carboxylic acids is 1. The molecule has 26 heavy (non-hydrogen) atoms. The number of hydrogen-bond acceptors (Lipinski definition) is 5. The third-order valence-corrected chi connectivity index (χ3v) is 5.67. The second-order valence-electron chi connectivity index (χ2n) is 6.26. The van der Waals surface area contributed by atoms with E-state index in [0.717, 1.165) is 29.8 Å². The van der Waals surface area contributed by atoms with Crippen molar-refractivity contribution < 1.29 is 14.7 Å². The average molecular weight is 374 g/mol. The molecule has 1 aliphatic heterocycles. The zero-order valence-electron chi connectivity index (χ0n) is 14.6. The molecule has 0 aliphatic carbocycles. The fourth-order valence-corrected chi connectivity index (χ4v) is 4.28. The van der Waals surface area contributed by atoms with Crippen molar-refractivity contribution in [1.82, 2.24) is 9.88 Å². The molecule has 4 N–H and O–H groups in total. The fourth-order valence-electron chi connectivity index (χ4n) is 3.12. The number of thiazole rings is 1. The quantitative estimate of drug-likeness (QED) is 0.691. The van der Waals surface area contributed by atoms with Crippen molar-refractivity contribution in [3.63, 3.8) is 0 Å². The monoisotopic (exact) mass is 374 g/mol. The van der Waals surface area contributed by atoms with E-state index in [1.165, 1.54) is 16.2 Å². The maximum atomic E-state index is 12.6. The number of carboxylic acid groups (broad SMARTS) is 1. The van der Waals surface area contributed by atoms with Crippen LogP contribution in [0.25, 0.3) is 0 Å². The Morgan fingerprint density at radius 2 is 2.19 bits per heavy atom. The third kappa shape index (κ3) is 3.65. The van der Waals surface area contributed by atoms with Crippen LogP contribution in [0.15, 0.2) is 24.3 Å². The summed E-state index contributed by atoms with van der Waals surface area (Å²) in [6.07, 6.45) is 2.26. The van der Waals surface area contributed by atoms with Gasteiger partial charge in [-0.1, -0.05) is 31.9 Å². The van der Waals surface area contributed by atoms with Crippen LogP contribution in [0.2, 0.25) is 0 Å². The second kappa shape index (κ2) is 7.74. The van der Waals surface area contributed by atoms with Gasteiger partial charge in [-0.15, -0.1) is 11.3 Å². The van der Waals surface area contributed by atoms with Gasteiger partial charge in [0.05, 0.1) is 28.0 Å². The first-order valence-corrected chi connectivity index (χ1v) is 9.48. The van der Waals surface area contributed by atoms with Crippen molar-refractivity contribution in [1.29, 1.82) is 0 Å². The van der Waals surface area contributed by atoms with Crippen molar-refractivity contribution in [2.24, 2.45) is 0 Å². The number of nitrogens with one attached hydrogen (secondary N) is 1. The molecule has 1 aromatic carbocycles. The van der Waals surface area contributed by atoms with Crippen LogP contribution in [-0.2, 0) is 6.42 Å². The Labute approximate surface area is 155 Å². The van der Waals surface area contributed by atoms with E-state index < -0.39 is 6.09 Å². The number of anilines is 2. The first-order chi connectivity index (χ1) is 12.5. The summed E-state index contributed by atoms with van der Waals surface area (Å²) in [7, 11) is 0. The van der Waals surface area contributed by atoms with Gasteiger partial charge in [0.2, 0.25) is 0 Å². The van der Waals surface area contributed by atoms with Crippen molar-refractivity contribution >= 4 is 34.7 Å². The van der Waals surface area contributed by atoms with E-state index in [1.807, 2.05) is 0 Å². The van der Waals surface area contributed by atoms with Gasteiger partial charge in [0.1, 0.15) is 0 Å². The molecular weight excluding hydrogens is 352 g/mol. The number of carbonyl (C=O) groups is 2. The molecule has 0 fully saturated rings. The Bertz CT molecular complexity index is 821. The van der Waals surface area contributed by atoms with E-state index in [1.54, 1.807) is 24.3 Å². The highest BCUT2D eigenvalue weighted by molar-refractivity contribution is 7.14. The molecule has 0 saturated carbocycles. The van der Waals surface area contributed by atoms with Gasteiger partial charge in [-0.2, -0.15) is 0 Å². The van der Waals surface area contributed by atoms with Gasteiger partial charge in [-0.25, -0.2) is 9.78 Å². The lowest BCUT2D eigenvalue weighted by Crippen LogP contribution is -2.38. The first-order valence-electron chi connectivity index (χ1n) is 8.66. The minimum Gasteiger partial charge on any atom is -0.465 e. The average Bonchev–Trinajstić information content (AvgIpc) is 3.06. The lowest BCUT2D eigenvalue weighted by atomic mass is 10.0. The number of rotatable bonds is 5. The summed E-state index contributed by atoms with van der Waals surface area (Å²) in [5, 5.41) is 12.6. The van der Waals surface area contributed by atoms with Gasteiger partial charge in [0.25, 0.3) is 5.91 Å². The summed E-state index contributed by atoms with van der Waals surface area (Å²) in [6, 6.07) is 6.82. The third-order valence-electron chi connectivity index (χ3n) is 4.48. The van der Waals surface area contributed by atoms with Gasteiger partial charge in [-0.05, 0) is 18.6 Å². The number of amides is 2. The molecule has 8 heteroatoms. The largest absolute Gasteiger partial charge is 0.465 e. The predicted octanol–water partition coefficient (Wildman–Crippen LogP) is 3.75. The van der Waals surface area contributed by atoms with Crippen molar-refractivity contribution in [3.05, 3.63) is 39.8 Å². The van der Waals surface area contributed by atoms with Crippen molar-refractivity contribution in [2.45, 2.75) is 38.6 Å². The van der Waals surface area contributed by atoms with E-state index in [4.69, 9.17) is 5.73 Å². The van der Waals surface area contributed by atoms with Crippen LogP contribution in [-0.4, -0.2) is 33.5 Å². The van der Waals surface area contributed by atoms with E-state index in [0.29, 0.717) is 29.3 Å². The molecule has 1 aromatic heterocycles. The highest BCUT2D eigenvalue weighted by Gasteiger charge is 2.34. The van der Waals surface area contributed by atoms with Gasteiger partial charge < -0.3 is 21.1 Å². The topological polar surface area (TPSA) is 109 Å². The van der Waals surface area contributed by atoms with E-state index in [9.17, 15) is 14.7 Å². The Kier molecular flexibility index (Phi) is 5.41. The van der Waals surface area contributed by atoms with Crippen LogP contribution in [0.1, 0.15) is 52.6 Å². The minimum atomic E-state index is -0.923. The maximum Gasteiger partial charge on any atom is 0.407 e. The van der Waals surface area contributed by atoms with Gasteiger partial charge in [0, 0.05) is 13.0 Å². The van der Waals surface area contributed by atoms with E-state index in [-0.39, 0.29) is 11.9 Å². The standard InChI is InChI=1S/C18H22N4O3S/c1-2-3-8-14-15-13(9-10-22(14)18(24)25)21-17(26-15)16(23)20-12-7-5-4-6-11(12)19/h4-7,14H,2-3,8-10,19H2,1H3,(H,20,23)(H,24,25). The number of unbranched alkanes of at least 4 members (excludes halogenated alkanes) is 1. The van der Waals surface area contributed by atoms with Crippen LogP contribution in [0.4, 0.5) is 16.2 Å². The van der Waals surface area contributed by atoms with E-state index >= 15 is 0 Å². The number of aromatic nitrogens is 1. The molecule has 0 bridgehead atoms. The fraction of sp³-hybridized carbons (Fsp3) is 0.389. The van der Waals surface area contributed by atoms with Gasteiger partial charge in [-0.3, -0.25) is 4.79 Å². The normalized spacial score (nSPS) is 16.2. The highest BCUT2D eigenvalue weighted by atomic mass is 32.1. The van der Waals surface area contributed by atoms with Gasteiger partial charge in [0.15, 0.2) is 5.01 Å². The molecule has 1 aliphatic rings. The van der Waals surface area contributed by atoms with E-state index in [2.05, 4.69) is 17.2 Å². The zero-order valence-corrected chi connectivity index (χ0v) is 15.4. The molecule has 138 valence electrons. The summed E-state index contributed by atoms with van der Waals surface area (Å²) in [6.45, 7) is 2.48.